The smallest absolute Gasteiger partial charge is 0.0367 e. The van der Waals surface area contributed by atoms with Crippen molar-refractivity contribution < 1.29 is 0 Å². The van der Waals surface area contributed by atoms with E-state index in [0.717, 1.165) is 12.3 Å². The van der Waals surface area contributed by atoms with Gasteiger partial charge in [-0.3, -0.25) is 0 Å². The summed E-state index contributed by atoms with van der Waals surface area (Å²) in [5.41, 5.74) is 2.61. The summed E-state index contributed by atoms with van der Waals surface area (Å²) in [7, 11) is 0. The first-order chi connectivity index (χ1) is 8.40. The zero-order chi connectivity index (χ0) is 11.9. The Labute approximate surface area is 109 Å². The summed E-state index contributed by atoms with van der Waals surface area (Å²) in [6.45, 7) is 3.49. The number of anilines is 2. The van der Waals surface area contributed by atoms with Gasteiger partial charge in [0.05, 0.1) is 0 Å². The summed E-state index contributed by atoms with van der Waals surface area (Å²) in [5.74, 6) is 1.16. The second-order valence-corrected chi connectivity index (χ2v) is 5.50. The predicted molar refractivity (Wildman–Crippen MR) is 79.4 cm³/mol. The third-order valence-corrected chi connectivity index (χ3v) is 3.84. The Morgan fingerprint density at radius 2 is 1.82 bits per heavy atom. The maximum atomic E-state index is 3.44. The topological polar surface area (TPSA) is 15.3 Å². The third kappa shape index (κ3) is 3.84. The number of benzene rings is 1. The summed E-state index contributed by atoms with van der Waals surface area (Å²) >= 11 is 1.88. The van der Waals surface area contributed by atoms with E-state index in [4.69, 9.17) is 0 Å². The van der Waals surface area contributed by atoms with Crippen molar-refractivity contribution in [1.82, 2.24) is 0 Å². The van der Waals surface area contributed by atoms with Crippen LogP contribution < -0.4 is 10.2 Å². The second-order valence-electron chi connectivity index (χ2n) is 4.51. The zero-order valence-electron chi connectivity index (χ0n) is 10.6. The van der Waals surface area contributed by atoms with Gasteiger partial charge in [0, 0.05) is 36.8 Å². The predicted octanol–water partition coefficient (Wildman–Crippen LogP) is 3.45. The maximum Gasteiger partial charge on any atom is 0.0367 e. The molecule has 3 heteroatoms. The average Bonchev–Trinajstić information content (AvgIpc) is 2.41. The van der Waals surface area contributed by atoms with Gasteiger partial charge in [-0.15, -0.1) is 0 Å². The molecule has 1 aliphatic rings. The molecule has 0 radical (unpaired) electrons. The minimum atomic E-state index is 1.05. The molecule has 1 aromatic carbocycles. The molecule has 1 N–H and O–H groups in total. The third-order valence-electron chi connectivity index (χ3n) is 3.22. The molecule has 2 rings (SSSR count). The van der Waals surface area contributed by atoms with Crippen LogP contribution in [-0.2, 0) is 0 Å². The summed E-state index contributed by atoms with van der Waals surface area (Å²) in [5, 5.41) is 3.44. The fourth-order valence-corrected chi connectivity index (χ4v) is 2.55. The second kappa shape index (κ2) is 6.80. The molecule has 0 aliphatic carbocycles. The Bertz CT molecular complexity index is 317. The van der Waals surface area contributed by atoms with Crippen molar-refractivity contribution in [1.29, 1.82) is 0 Å². The van der Waals surface area contributed by atoms with E-state index in [1.165, 1.54) is 43.7 Å². The molecular weight excluding hydrogens is 228 g/mol. The molecule has 0 aromatic heterocycles. The van der Waals surface area contributed by atoms with Crippen molar-refractivity contribution in [2.24, 2.45) is 0 Å². The van der Waals surface area contributed by atoms with Gasteiger partial charge < -0.3 is 10.2 Å². The van der Waals surface area contributed by atoms with Gasteiger partial charge in [-0.25, -0.2) is 0 Å². The first kappa shape index (κ1) is 12.6. The molecule has 2 nitrogen and oxygen atoms in total. The molecule has 0 atom stereocenters. The van der Waals surface area contributed by atoms with E-state index in [1.807, 2.05) is 11.8 Å². The van der Waals surface area contributed by atoms with E-state index >= 15 is 0 Å². The normalized spacial score (nSPS) is 15.9. The number of thioether (sulfide) groups is 1. The summed E-state index contributed by atoms with van der Waals surface area (Å²) in [4.78, 5) is 2.50. The van der Waals surface area contributed by atoms with Gasteiger partial charge >= 0.3 is 0 Å². The lowest BCUT2D eigenvalue weighted by atomic mass is 10.1. The van der Waals surface area contributed by atoms with E-state index in [9.17, 15) is 0 Å². The van der Waals surface area contributed by atoms with Crippen molar-refractivity contribution in [3.8, 4) is 0 Å². The molecule has 1 aromatic rings. The fourth-order valence-electron chi connectivity index (χ4n) is 2.24. The van der Waals surface area contributed by atoms with Crippen molar-refractivity contribution in [2.75, 3.05) is 41.9 Å². The van der Waals surface area contributed by atoms with Crippen molar-refractivity contribution in [3.63, 3.8) is 0 Å². The largest absolute Gasteiger partial charge is 0.384 e. The van der Waals surface area contributed by atoms with Crippen LogP contribution in [0.5, 0.6) is 0 Å². The van der Waals surface area contributed by atoms with E-state index in [-0.39, 0.29) is 0 Å². The SMILES string of the molecule is CSCCNc1ccc(N2CCCCC2)cc1. The van der Waals surface area contributed by atoms with E-state index in [1.54, 1.807) is 0 Å². The van der Waals surface area contributed by atoms with Crippen molar-refractivity contribution in [2.45, 2.75) is 19.3 Å². The molecule has 1 heterocycles. The molecule has 0 saturated carbocycles. The van der Waals surface area contributed by atoms with Crippen LogP contribution in [0.4, 0.5) is 11.4 Å². The lowest BCUT2D eigenvalue weighted by Crippen LogP contribution is -2.29. The number of nitrogens with one attached hydrogen (secondary N) is 1. The van der Waals surface area contributed by atoms with Crippen molar-refractivity contribution in [3.05, 3.63) is 24.3 Å². The Kier molecular flexibility index (Phi) is 5.05. The molecule has 0 bridgehead atoms. The number of hydrogen-bond donors (Lipinski definition) is 1. The van der Waals surface area contributed by atoms with Gasteiger partial charge in [0.25, 0.3) is 0 Å². The van der Waals surface area contributed by atoms with Crippen LogP contribution in [0, 0.1) is 0 Å². The molecule has 1 aliphatic heterocycles. The minimum absolute atomic E-state index is 1.05. The molecule has 1 saturated heterocycles. The lowest BCUT2D eigenvalue weighted by molar-refractivity contribution is 0.578. The molecular formula is C14H22N2S. The highest BCUT2D eigenvalue weighted by atomic mass is 32.2. The molecule has 0 spiro atoms. The van der Waals surface area contributed by atoms with Crippen molar-refractivity contribution >= 4 is 23.1 Å². The first-order valence-electron chi connectivity index (χ1n) is 6.48. The Morgan fingerprint density at radius 3 is 2.47 bits per heavy atom. The number of rotatable bonds is 5. The van der Waals surface area contributed by atoms with Gasteiger partial charge in [0.1, 0.15) is 0 Å². The van der Waals surface area contributed by atoms with E-state index in [0.29, 0.717) is 0 Å². The van der Waals surface area contributed by atoms with Crippen LogP contribution in [0.25, 0.3) is 0 Å². The van der Waals surface area contributed by atoms with Gasteiger partial charge in [-0.2, -0.15) is 11.8 Å². The van der Waals surface area contributed by atoms with Gasteiger partial charge in [-0.1, -0.05) is 0 Å². The standard InChI is InChI=1S/C14H22N2S/c1-17-12-9-15-13-5-7-14(8-6-13)16-10-3-2-4-11-16/h5-8,15H,2-4,9-12H2,1H3. The highest BCUT2D eigenvalue weighted by Crippen LogP contribution is 2.21. The molecule has 94 valence electrons. The van der Waals surface area contributed by atoms with Gasteiger partial charge in [0.15, 0.2) is 0 Å². The van der Waals surface area contributed by atoms with Crippen LogP contribution in [0.1, 0.15) is 19.3 Å². The van der Waals surface area contributed by atoms with Crippen LogP contribution in [0.15, 0.2) is 24.3 Å². The summed E-state index contributed by atoms with van der Waals surface area (Å²) < 4.78 is 0. The Balaban J connectivity index is 1.88. The molecule has 0 unspecified atom stereocenters. The Hall–Kier alpha value is -0.830. The van der Waals surface area contributed by atoms with E-state index < -0.39 is 0 Å². The maximum absolute atomic E-state index is 3.44. The zero-order valence-corrected chi connectivity index (χ0v) is 11.4. The van der Waals surface area contributed by atoms with Crippen LogP contribution in [-0.4, -0.2) is 31.6 Å². The number of nitrogens with zero attached hydrogens (tertiary/aromatic N) is 1. The van der Waals surface area contributed by atoms with Gasteiger partial charge in [0.2, 0.25) is 0 Å². The molecule has 0 amide bonds. The van der Waals surface area contributed by atoms with Gasteiger partial charge in [-0.05, 0) is 49.8 Å². The van der Waals surface area contributed by atoms with E-state index in [2.05, 4.69) is 40.7 Å². The lowest BCUT2D eigenvalue weighted by Gasteiger charge is -2.28. The summed E-state index contributed by atoms with van der Waals surface area (Å²) in [6.07, 6.45) is 6.22. The minimum Gasteiger partial charge on any atom is -0.384 e. The Morgan fingerprint density at radius 1 is 1.12 bits per heavy atom. The molecule has 17 heavy (non-hydrogen) atoms. The van der Waals surface area contributed by atoms with Crippen LogP contribution in [0.3, 0.4) is 0 Å². The van der Waals surface area contributed by atoms with Crippen LogP contribution >= 0.6 is 11.8 Å². The average molecular weight is 250 g/mol. The highest BCUT2D eigenvalue weighted by molar-refractivity contribution is 7.98. The molecule has 1 fully saturated rings. The van der Waals surface area contributed by atoms with Crippen LogP contribution in [0.2, 0.25) is 0 Å². The number of piperidine rings is 1. The summed E-state index contributed by atoms with van der Waals surface area (Å²) in [6, 6.07) is 8.88. The fraction of sp³-hybridized carbons (Fsp3) is 0.571. The number of hydrogen-bond acceptors (Lipinski definition) is 3. The first-order valence-corrected chi connectivity index (χ1v) is 7.87. The quantitative estimate of drug-likeness (QED) is 0.806. The monoisotopic (exact) mass is 250 g/mol. The highest BCUT2D eigenvalue weighted by Gasteiger charge is 2.10.